The van der Waals surface area contributed by atoms with E-state index < -0.39 is 26.3 Å². The van der Waals surface area contributed by atoms with Crippen molar-refractivity contribution in [3.8, 4) is 5.88 Å². The molecule has 3 rings (SSSR count). The third-order valence-corrected chi connectivity index (χ3v) is 6.56. The van der Waals surface area contributed by atoms with Gasteiger partial charge in [0.1, 0.15) is 10.8 Å². The van der Waals surface area contributed by atoms with Gasteiger partial charge in [0.2, 0.25) is 5.88 Å². The van der Waals surface area contributed by atoms with Crippen LogP contribution in [-0.4, -0.2) is 34.3 Å². The van der Waals surface area contributed by atoms with Gasteiger partial charge in [-0.1, -0.05) is 32.0 Å². The van der Waals surface area contributed by atoms with Crippen LogP contribution < -0.4 is 0 Å². The second-order valence-corrected chi connectivity index (χ2v) is 8.59. The molecule has 0 saturated heterocycles. The molecule has 1 aromatic carbocycles. The minimum absolute atomic E-state index is 0.0590. The number of carbonyl (C=O) groups is 1. The average molecular weight is 334 g/mol. The number of benzene rings is 1. The van der Waals surface area contributed by atoms with E-state index in [1.807, 2.05) is 13.8 Å². The number of fused-ring (bicyclic) bond motifs is 1. The summed E-state index contributed by atoms with van der Waals surface area (Å²) >= 11 is 0. The van der Waals surface area contributed by atoms with Crippen molar-refractivity contribution in [3.63, 3.8) is 0 Å². The number of Topliss-reactive ketones (excluding diaryl/α,β-unsaturated/α-hetero) is 1. The van der Waals surface area contributed by atoms with Crippen molar-refractivity contribution in [1.82, 2.24) is 9.78 Å². The van der Waals surface area contributed by atoms with Gasteiger partial charge in [-0.25, -0.2) is 13.1 Å². The number of sulfone groups is 1. The molecular formula is C16H18N2O4S. The van der Waals surface area contributed by atoms with Gasteiger partial charge < -0.3 is 5.11 Å². The van der Waals surface area contributed by atoms with Gasteiger partial charge in [0.15, 0.2) is 15.6 Å². The van der Waals surface area contributed by atoms with Crippen LogP contribution in [0.1, 0.15) is 36.2 Å². The molecule has 0 amide bonds. The predicted molar refractivity (Wildman–Crippen MR) is 84.3 cm³/mol. The first-order valence-electron chi connectivity index (χ1n) is 7.25. The molecule has 1 N–H and O–H groups in total. The monoisotopic (exact) mass is 334 g/mol. The van der Waals surface area contributed by atoms with E-state index >= 15 is 0 Å². The lowest BCUT2D eigenvalue weighted by atomic mass is 9.79. The summed E-state index contributed by atoms with van der Waals surface area (Å²) < 4.78 is 26.9. The number of carbonyl (C=O) groups excluding carboxylic acids is 1. The molecule has 6 nitrogen and oxygen atoms in total. The van der Waals surface area contributed by atoms with E-state index in [9.17, 15) is 18.3 Å². The Morgan fingerprint density at radius 2 is 2.00 bits per heavy atom. The van der Waals surface area contributed by atoms with Crippen LogP contribution in [0.5, 0.6) is 5.88 Å². The Morgan fingerprint density at radius 3 is 2.61 bits per heavy atom. The quantitative estimate of drug-likeness (QED) is 0.846. The zero-order chi connectivity index (χ0) is 17.0. The van der Waals surface area contributed by atoms with Crippen LogP contribution in [0.15, 0.2) is 35.4 Å². The molecular weight excluding hydrogens is 316 g/mol. The number of aromatic hydroxyl groups is 1. The third kappa shape index (κ3) is 2.26. The molecule has 0 fully saturated rings. The highest BCUT2D eigenvalue weighted by Crippen LogP contribution is 2.42. The van der Waals surface area contributed by atoms with Gasteiger partial charge in [-0.3, -0.25) is 4.79 Å². The molecule has 1 aliphatic rings. The summed E-state index contributed by atoms with van der Waals surface area (Å²) in [4.78, 5) is 12.9. The van der Waals surface area contributed by atoms with Gasteiger partial charge in [0.25, 0.3) is 0 Å². The van der Waals surface area contributed by atoms with E-state index in [1.54, 1.807) is 18.2 Å². The first-order valence-corrected chi connectivity index (χ1v) is 8.79. The Balaban J connectivity index is 2.15. The highest BCUT2D eigenvalue weighted by atomic mass is 32.2. The summed E-state index contributed by atoms with van der Waals surface area (Å²) in [6, 6.07) is 6.77. The van der Waals surface area contributed by atoms with Crippen molar-refractivity contribution in [2.24, 2.45) is 7.05 Å². The Bertz CT molecular complexity index is 897. The number of nitrogens with zero attached hydrogens (tertiary/aromatic N) is 2. The van der Waals surface area contributed by atoms with E-state index in [-0.39, 0.29) is 22.8 Å². The third-order valence-electron chi connectivity index (χ3n) is 4.46. The van der Waals surface area contributed by atoms with E-state index in [1.165, 1.54) is 19.3 Å². The molecule has 2 aromatic rings. The van der Waals surface area contributed by atoms with Crippen molar-refractivity contribution < 1.29 is 18.3 Å². The van der Waals surface area contributed by atoms with Gasteiger partial charge in [0, 0.05) is 7.05 Å². The lowest BCUT2D eigenvalue weighted by molar-refractivity contribution is 0.0971. The fourth-order valence-electron chi connectivity index (χ4n) is 3.12. The molecule has 0 bridgehead atoms. The molecule has 2 heterocycles. The molecule has 1 atom stereocenters. The topological polar surface area (TPSA) is 89.3 Å². The fourth-order valence-corrected chi connectivity index (χ4v) is 5.39. The lowest BCUT2D eigenvalue weighted by Gasteiger charge is -2.36. The molecule has 7 heteroatoms. The van der Waals surface area contributed by atoms with Gasteiger partial charge in [-0.15, -0.1) is 0 Å². The molecule has 23 heavy (non-hydrogen) atoms. The predicted octanol–water partition coefficient (Wildman–Crippen LogP) is 1.83. The van der Waals surface area contributed by atoms with Crippen LogP contribution >= 0.6 is 0 Å². The minimum atomic E-state index is -3.81. The highest BCUT2D eigenvalue weighted by molar-refractivity contribution is 7.93. The zero-order valence-corrected chi connectivity index (χ0v) is 14.0. The van der Waals surface area contributed by atoms with Crippen LogP contribution in [0.2, 0.25) is 0 Å². The number of aromatic nitrogens is 2. The summed E-state index contributed by atoms with van der Waals surface area (Å²) in [5.41, 5.74) is 0.204. The van der Waals surface area contributed by atoms with E-state index in [2.05, 4.69) is 5.10 Å². The Hall–Kier alpha value is -2.15. The molecule has 122 valence electrons. The molecule has 1 unspecified atom stereocenters. The SMILES string of the molecule is Cn1ncc(C(=O)C2CC(C)(C)c3ccccc3S2(=O)=O)c1O. The fraction of sp³-hybridized carbons (Fsp3) is 0.375. The van der Waals surface area contributed by atoms with Crippen LogP contribution in [0.25, 0.3) is 0 Å². The molecule has 1 aromatic heterocycles. The van der Waals surface area contributed by atoms with E-state index in [4.69, 9.17) is 0 Å². The van der Waals surface area contributed by atoms with Crippen LogP contribution in [0, 0.1) is 0 Å². The van der Waals surface area contributed by atoms with Crippen molar-refractivity contribution in [2.75, 3.05) is 0 Å². The number of hydrogen-bond acceptors (Lipinski definition) is 5. The Morgan fingerprint density at radius 1 is 1.35 bits per heavy atom. The summed E-state index contributed by atoms with van der Waals surface area (Å²) in [6.45, 7) is 3.84. The number of rotatable bonds is 2. The molecule has 0 spiro atoms. The molecule has 0 radical (unpaired) electrons. The maximum atomic E-state index is 12.9. The number of ketones is 1. The largest absolute Gasteiger partial charge is 0.493 e. The van der Waals surface area contributed by atoms with Crippen LogP contribution in [0.3, 0.4) is 0 Å². The summed E-state index contributed by atoms with van der Waals surface area (Å²) in [5, 5.41) is 12.5. The normalized spacial score (nSPS) is 21.6. The van der Waals surface area contributed by atoms with Crippen LogP contribution in [0.4, 0.5) is 0 Å². The molecule has 1 aliphatic heterocycles. The summed E-state index contributed by atoms with van der Waals surface area (Å²) in [6.07, 6.45) is 1.38. The first-order chi connectivity index (χ1) is 10.7. The van der Waals surface area contributed by atoms with E-state index in [0.717, 1.165) is 10.2 Å². The average Bonchev–Trinajstić information content (AvgIpc) is 2.83. The lowest BCUT2D eigenvalue weighted by Crippen LogP contribution is -2.42. The second-order valence-electron chi connectivity index (χ2n) is 6.49. The van der Waals surface area contributed by atoms with Gasteiger partial charge in [-0.2, -0.15) is 5.10 Å². The second kappa shape index (κ2) is 4.92. The van der Waals surface area contributed by atoms with Crippen molar-refractivity contribution >= 4 is 15.6 Å². The Kier molecular flexibility index (Phi) is 3.37. The maximum Gasteiger partial charge on any atom is 0.220 e. The highest BCUT2D eigenvalue weighted by Gasteiger charge is 2.47. The van der Waals surface area contributed by atoms with Gasteiger partial charge in [0.05, 0.1) is 11.1 Å². The first kappa shape index (κ1) is 15.7. The maximum absolute atomic E-state index is 12.9. The van der Waals surface area contributed by atoms with Gasteiger partial charge in [-0.05, 0) is 23.5 Å². The van der Waals surface area contributed by atoms with Crippen molar-refractivity contribution in [2.45, 2.75) is 35.8 Å². The standard InChI is InChI=1S/C16H18N2O4S/c1-16(2)8-13(14(19)10-9-17-18(3)15(10)20)23(21,22)12-7-5-4-6-11(12)16/h4-7,9,13,20H,8H2,1-3H3. The zero-order valence-electron chi connectivity index (χ0n) is 13.1. The van der Waals surface area contributed by atoms with Crippen molar-refractivity contribution in [3.05, 3.63) is 41.6 Å². The van der Waals surface area contributed by atoms with E-state index in [0.29, 0.717) is 0 Å². The van der Waals surface area contributed by atoms with Gasteiger partial charge >= 0.3 is 0 Å². The summed E-state index contributed by atoms with van der Waals surface area (Å²) in [5.74, 6) is -0.931. The van der Waals surface area contributed by atoms with Crippen LogP contribution in [-0.2, 0) is 22.3 Å². The molecule has 0 aliphatic carbocycles. The smallest absolute Gasteiger partial charge is 0.220 e. The summed E-state index contributed by atoms with van der Waals surface area (Å²) in [7, 11) is -2.32. The van der Waals surface area contributed by atoms with Crippen molar-refractivity contribution in [1.29, 1.82) is 0 Å². The minimum Gasteiger partial charge on any atom is -0.493 e. The number of aryl methyl sites for hydroxylation is 1. The Labute approximate surface area is 134 Å². The number of hydrogen-bond donors (Lipinski definition) is 1. The molecule has 0 saturated carbocycles.